The molecule has 0 bridgehead atoms. The summed E-state index contributed by atoms with van der Waals surface area (Å²) in [4.78, 5) is 12.0. The van der Waals surface area contributed by atoms with Crippen molar-refractivity contribution in [3.63, 3.8) is 0 Å². The lowest BCUT2D eigenvalue weighted by atomic mass is 10.1. The van der Waals surface area contributed by atoms with Gasteiger partial charge in [0, 0.05) is 10.2 Å². The monoisotopic (exact) mass is 412 g/mol. The van der Waals surface area contributed by atoms with E-state index in [9.17, 15) is 4.79 Å². The zero-order valence-electron chi connectivity index (χ0n) is 12.2. The summed E-state index contributed by atoms with van der Waals surface area (Å²) in [5.41, 5.74) is 1.57. The zero-order valence-corrected chi connectivity index (χ0v) is 15.4. The van der Waals surface area contributed by atoms with Gasteiger partial charge in [-0.2, -0.15) is 0 Å². The molecule has 120 valence electrons. The van der Waals surface area contributed by atoms with E-state index in [0.717, 1.165) is 15.8 Å². The summed E-state index contributed by atoms with van der Waals surface area (Å²) in [6, 6.07) is 12.6. The van der Waals surface area contributed by atoms with E-state index in [2.05, 4.69) is 26.6 Å². The number of anilines is 1. The van der Waals surface area contributed by atoms with Crippen molar-refractivity contribution in [2.24, 2.45) is 0 Å². The summed E-state index contributed by atoms with van der Waals surface area (Å²) in [5, 5.41) is 6.34. The highest BCUT2D eigenvalue weighted by Gasteiger charge is 2.07. The molecular weight excluding hydrogens is 400 g/mol. The van der Waals surface area contributed by atoms with E-state index in [1.165, 1.54) is 0 Å². The van der Waals surface area contributed by atoms with Crippen LogP contribution in [0, 0.1) is 0 Å². The van der Waals surface area contributed by atoms with Gasteiger partial charge in [0.1, 0.15) is 5.75 Å². The number of benzene rings is 2. The van der Waals surface area contributed by atoms with E-state index < -0.39 is 0 Å². The smallest absolute Gasteiger partial charge is 0.230 e. The average molecular weight is 414 g/mol. The lowest BCUT2D eigenvalue weighted by molar-refractivity contribution is -0.119. The molecule has 2 rings (SSSR count). The first-order valence-corrected chi connectivity index (χ1v) is 8.24. The minimum absolute atomic E-state index is 0.198. The van der Waals surface area contributed by atoms with Crippen molar-refractivity contribution in [3.8, 4) is 5.75 Å². The number of carbonyl (C=O) groups excluding carboxylic acids is 1. The number of hydrogen-bond donors (Lipinski definition) is 2. The molecule has 0 spiro atoms. The number of hydrogen-bond acceptors (Lipinski definition) is 3. The van der Waals surface area contributed by atoms with E-state index in [1.807, 2.05) is 24.3 Å². The van der Waals surface area contributed by atoms with E-state index >= 15 is 0 Å². The standard InChI is InChI=1S/C16H14BrClN2O2S/c1-22-12-5-2-10(3-6-12)8-15(21)20-16(23)19-11-4-7-13(17)14(18)9-11/h2-7,9H,8H2,1H3,(H2,19,20,21,23). The maximum atomic E-state index is 12.0. The Morgan fingerprint density at radius 1 is 1.26 bits per heavy atom. The van der Waals surface area contributed by atoms with Gasteiger partial charge in [-0.3, -0.25) is 4.79 Å². The van der Waals surface area contributed by atoms with Gasteiger partial charge in [-0.15, -0.1) is 0 Å². The number of methoxy groups -OCH3 is 1. The van der Waals surface area contributed by atoms with Crippen LogP contribution in [0.15, 0.2) is 46.9 Å². The second kappa shape index (κ2) is 8.29. The Bertz CT molecular complexity index is 723. The molecule has 0 saturated carbocycles. The van der Waals surface area contributed by atoms with Crippen LogP contribution in [0.5, 0.6) is 5.75 Å². The van der Waals surface area contributed by atoms with Crippen molar-refractivity contribution in [1.82, 2.24) is 5.32 Å². The van der Waals surface area contributed by atoms with Gasteiger partial charge < -0.3 is 15.4 Å². The Morgan fingerprint density at radius 3 is 2.57 bits per heavy atom. The first-order valence-electron chi connectivity index (χ1n) is 6.67. The van der Waals surface area contributed by atoms with Crippen LogP contribution in [-0.4, -0.2) is 18.1 Å². The van der Waals surface area contributed by atoms with E-state index in [4.69, 9.17) is 28.6 Å². The normalized spacial score (nSPS) is 10.0. The third kappa shape index (κ3) is 5.49. The maximum absolute atomic E-state index is 12.0. The molecule has 23 heavy (non-hydrogen) atoms. The molecule has 0 unspecified atom stereocenters. The van der Waals surface area contributed by atoms with Gasteiger partial charge in [0.05, 0.1) is 18.6 Å². The lowest BCUT2D eigenvalue weighted by Crippen LogP contribution is -2.35. The van der Waals surface area contributed by atoms with Crippen molar-refractivity contribution >= 4 is 56.5 Å². The van der Waals surface area contributed by atoms with Crippen LogP contribution in [0.3, 0.4) is 0 Å². The third-order valence-electron chi connectivity index (χ3n) is 2.95. The molecule has 2 aromatic carbocycles. The number of nitrogens with one attached hydrogen (secondary N) is 2. The average Bonchev–Trinajstić information content (AvgIpc) is 2.51. The van der Waals surface area contributed by atoms with Crippen LogP contribution in [-0.2, 0) is 11.2 Å². The van der Waals surface area contributed by atoms with Gasteiger partial charge >= 0.3 is 0 Å². The molecular formula is C16H14BrClN2O2S. The minimum atomic E-state index is -0.198. The number of ether oxygens (including phenoxy) is 1. The van der Waals surface area contributed by atoms with Crippen LogP contribution >= 0.6 is 39.7 Å². The van der Waals surface area contributed by atoms with Gasteiger partial charge in [-0.1, -0.05) is 23.7 Å². The van der Waals surface area contributed by atoms with Crippen molar-refractivity contribution in [2.75, 3.05) is 12.4 Å². The van der Waals surface area contributed by atoms with E-state index in [-0.39, 0.29) is 17.4 Å². The summed E-state index contributed by atoms with van der Waals surface area (Å²) < 4.78 is 5.87. The molecule has 0 heterocycles. The molecule has 7 heteroatoms. The number of thiocarbonyl (C=S) groups is 1. The maximum Gasteiger partial charge on any atom is 0.230 e. The fraction of sp³-hybridized carbons (Fsp3) is 0.125. The lowest BCUT2D eigenvalue weighted by Gasteiger charge is -2.10. The molecule has 1 amide bonds. The van der Waals surface area contributed by atoms with Crippen molar-refractivity contribution in [3.05, 3.63) is 57.5 Å². The highest BCUT2D eigenvalue weighted by Crippen LogP contribution is 2.25. The Labute approximate surface area is 153 Å². The molecule has 0 aliphatic rings. The first-order chi connectivity index (χ1) is 11.0. The quantitative estimate of drug-likeness (QED) is 0.739. The topological polar surface area (TPSA) is 50.4 Å². The predicted octanol–water partition coefficient (Wildman–Crippen LogP) is 4.17. The first kappa shape index (κ1) is 17.7. The van der Waals surface area contributed by atoms with Crippen LogP contribution in [0.4, 0.5) is 5.69 Å². The van der Waals surface area contributed by atoms with Gasteiger partial charge in [-0.05, 0) is 64.0 Å². The number of rotatable bonds is 4. The Morgan fingerprint density at radius 2 is 1.96 bits per heavy atom. The summed E-state index contributed by atoms with van der Waals surface area (Å²) in [5.74, 6) is 0.550. The number of halogens is 2. The molecule has 0 atom stereocenters. The van der Waals surface area contributed by atoms with Crippen molar-refractivity contribution < 1.29 is 9.53 Å². The van der Waals surface area contributed by atoms with Crippen LogP contribution in [0.1, 0.15) is 5.56 Å². The molecule has 0 aliphatic heterocycles. The second-order valence-corrected chi connectivity index (χ2v) is 6.33. The van der Waals surface area contributed by atoms with Crippen LogP contribution in [0.25, 0.3) is 0 Å². The number of carbonyl (C=O) groups is 1. The van der Waals surface area contributed by atoms with Crippen molar-refractivity contribution in [2.45, 2.75) is 6.42 Å². The van der Waals surface area contributed by atoms with Crippen molar-refractivity contribution in [1.29, 1.82) is 0 Å². The Balaban J connectivity index is 1.88. The summed E-state index contributed by atoms with van der Waals surface area (Å²) in [6.07, 6.45) is 0.229. The van der Waals surface area contributed by atoms with E-state index in [0.29, 0.717) is 10.7 Å². The number of amides is 1. The molecule has 0 aromatic heterocycles. The predicted molar refractivity (Wildman–Crippen MR) is 100 cm³/mol. The van der Waals surface area contributed by atoms with Gasteiger partial charge in [-0.25, -0.2) is 0 Å². The molecule has 0 fully saturated rings. The van der Waals surface area contributed by atoms with Gasteiger partial charge in [0.25, 0.3) is 0 Å². The Hall–Kier alpha value is -1.63. The summed E-state index contributed by atoms with van der Waals surface area (Å²) >= 11 is 14.4. The largest absolute Gasteiger partial charge is 0.497 e. The fourth-order valence-electron chi connectivity index (χ4n) is 1.84. The molecule has 4 nitrogen and oxygen atoms in total. The molecule has 0 saturated heterocycles. The minimum Gasteiger partial charge on any atom is -0.497 e. The highest BCUT2D eigenvalue weighted by molar-refractivity contribution is 9.10. The molecule has 0 aliphatic carbocycles. The van der Waals surface area contributed by atoms with Crippen LogP contribution < -0.4 is 15.4 Å². The SMILES string of the molecule is COc1ccc(CC(=O)NC(=S)Nc2ccc(Br)c(Cl)c2)cc1. The molecule has 2 aromatic rings. The highest BCUT2D eigenvalue weighted by atomic mass is 79.9. The van der Waals surface area contributed by atoms with Gasteiger partial charge in [0.15, 0.2) is 5.11 Å². The fourth-order valence-corrected chi connectivity index (χ4v) is 2.49. The molecule has 2 N–H and O–H groups in total. The van der Waals surface area contributed by atoms with Gasteiger partial charge in [0.2, 0.25) is 5.91 Å². The van der Waals surface area contributed by atoms with Crippen LogP contribution in [0.2, 0.25) is 5.02 Å². The third-order valence-corrected chi connectivity index (χ3v) is 4.39. The zero-order chi connectivity index (χ0) is 16.8. The molecule has 0 radical (unpaired) electrons. The summed E-state index contributed by atoms with van der Waals surface area (Å²) in [7, 11) is 1.60. The second-order valence-electron chi connectivity index (χ2n) is 4.66. The van der Waals surface area contributed by atoms with E-state index in [1.54, 1.807) is 25.3 Å². The Kier molecular flexibility index (Phi) is 6.38. The summed E-state index contributed by atoms with van der Waals surface area (Å²) in [6.45, 7) is 0.